The number of carboxylic acids is 1. The van der Waals surface area contributed by atoms with Gasteiger partial charge in [0.15, 0.2) is 11.6 Å². The molecule has 1 aromatic rings. The second kappa shape index (κ2) is 5.94. The molecule has 0 atom stereocenters. The minimum Gasteiger partial charge on any atom is -0.481 e. The van der Waals surface area contributed by atoms with Gasteiger partial charge in [-0.3, -0.25) is 9.59 Å². The van der Waals surface area contributed by atoms with Crippen molar-refractivity contribution in [2.75, 3.05) is 36.8 Å². The normalized spacial score (nSPS) is 15.1. The zero-order chi connectivity index (χ0) is 15.6. The molecule has 1 saturated heterocycles. The van der Waals surface area contributed by atoms with Gasteiger partial charge < -0.3 is 20.6 Å². The van der Waals surface area contributed by atoms with Crippen LogP contribution in [0, 0.1) is 11.6 Å². The number of nitrogens with two attached hydrogens (primary N) is 1. The predicted molar refractivity (Wildman–Crippen MR) is 71.8 cm³/mol. The highest BCUT2D eigenvalue weighted by molar-refractivity contribution is 5.93. The molecule has 1 aliphatic heterocycles. The smallest absolute Gasteiger partial charge is 0.312 e. The van der Waals surface area contributed by atoms with Crippen molar-refractivity contribution in [1.82, 2.24) is 4.90 Å². The van der Waals surface area contributed by atoms with E-state index in [-0.39, 0.29) is 37.6 Å². The molecule has 0 aliphatic carbocycles. The number of rotatable bonds is 3. The Hall–Kier alpha value is -2.38. The highest BCUT2D eigenvalue weighted by Gasteiger charge is 2.25. The zero-order valence-corrected chi connectivity index (χ0v) is 11.2. The highest BCUT2D eigenvalue weighted by atomic mass is 19.1. The summed E-state index contributed by atoms with van der Waals surface area (Å²) < 4.78 is 27.6. The van der Waals surface area contributed by atoms with Gasteiger partial charge in [0.1, 0.15) is 12.1 Å². The summed E-state index contributed by atoms with van der Waals surface area (Å²) in [5.41, 5.74) is 5.19. The number of nitrogen functional groups attached to an aromatic ring is 1. The highest BCUT2D eigenvalue weighted by Crippen LogP contribution is 2.26. The third kappa shape index (κ3) is 3.39. The van der Waals surface area contributed by atoms with Crippen molar-refractivity contribution in [3.05, 3.63) is 23.8 Å². The fourth-order valence-corrected chi connectivity index (χ4v) is 2.31. The molecule has 0 saturated carbocycles. The summed E-state index contributed by atoms with van der Waals surface area (Å²) >= 11 is 0. The SMILES string of the molecule is Nc1cc(F)c(N2CCN(C(=O)CC(=O)O)CC2)c(F)c1. The van der Waals surface area contributed by atoms with Gasteiger partial charge in [0.25, 0.3) is 0 Å². The average Bonchev–Trinajstić information content (AvgIpc) is 2.37. The molecule has 1 aliphatic rings. The molecule has 1 amide bonds. The standard InChI is InChI=1S/C13H15F2N3O3/c14-9-5-8(16)6-10(15)13(9)18-3-1-17(2-4-18)11(19)7-12(20)21/h5-6H,1-4,7,16H2,(H,20,21). The van der Waals surface area contributed by atoms with Crippen LogP contribution in [-0.2, 0) is 9.59 Å². The largest absolute Gasteiger partial charge is 0.481 e. The van der Waals surface area contributed by atoms with E-state index in [0.29, 0.717) is 0 Å². The van der Waals surface area contributed by atoms with Crippen LogP contribution in [0.4, 0.5) is 20.2 Å². The van der Waals surface area contributed by atoms with Crippen LogP contribution in [0.15, 0.2) is 12.1 Å². The maximum atomic E-state index is 13.8. The van der Waals surface area contributed by atoms with Gasteiger partial charge in [-0.05, 0) is 12.1 Å². The molecule has 0 bridgehead atoms. The lowest BCUT2D eigenvalue weighted by atomic mass is 10.2. The Morgan fingerprint density at radius 2 is 1.67 bits per heavy atom. The summed E-state index contributed by atoms with van der Waals surface area (Å²) in [6.07, 6.45) is -0.579. The van der Waals surface area contributed by atoms with Gasteiger partial charge in [0.2, 0.25) is 5.91 Å². The third-order valence-corrected chi connectivity index (χ3v) is 3.29. The molecule has 8 heteroatoms. The molecule has 6 nitrogen and oxygen atoms in total. The number of amides is 1. The topological polar surface area (TPSA) is 86.9 Å². The molecule has 1 fully saturated rings. The molecule has 0 unspecified atom stereocenters. The lowest BCUT2D eigenvalue weighted by Gasteiger charge is -2.36. The van der Waals surface area contributed by atoms with Crippen LogP contribution in [-0.4, -0.2) is 48.1 Å². The fraction of sp³-hybridized carbons (Fsp3) is 0.385. The maximum Gasteiger partial charge on any atom is 0.312 e. The van der Waals surface area contributed by atoms with E-state index in [9.17, 15) is 18.4 Å². The number of nitrogens with zero attached hydrogens (tertiary/aromatic N) is 2. The monoisotopic (exact) mass is 299 g/mol. The molecular weight excluding hydrogens is 284 g/mol. The van der Waals surface area contributed by atoms with Gasteiger partial charge in [-0.25, -0.2) is 8.78 Å². The number of benzene rings is 1. The van der Waals surface area contributed by atoms with E-state index >= 15 is 0 Å². The first-order valence-corrected chi connectivity index (χ1v) is 6.37. The van der Waals surface area contributed by atoms with Crippen molar-refractivity contribution in [1.29, 1.82) is 0 Å². The first-order chi connectivity index (χ1) is 9.88. The number of hydrogen-bond donors (Lipinski definition) is 2. The molecule has 1 heterocycles. The number of piperazine rings is 1. The minimum atomic E-state index is -1.20. The van der Waals surface area contributed by atoms with E-state index in [4.69, 9.17) is 10.8 Å². The summed E-state index contributed by atoms with van der Waals surface area (Å²) in [6.45, 7) is 0.886. The van der Waals surface area contributed by atoms with E-state index < -0.39 is 29.9 Å². The summed E-state index contributed by atoms with van der Waals surface area (Å²) in [4.78, 5) is 24.9. The van der Waals surface area contributed by atoms with Crippen LogP contribution < -0.4 is 10.6 Å². The number of aliphatic carboxylic acids is 1. The Kier molecular flexibility index (Phi) is 4.25. The van der Waals surface area contributed by atoms with Gasteiger partial charge in [-0.1, -0.05) is 0 Å². The van der Waals surface area contributed by atoms with Crippen molar-refractivity contribution in [2.45, 2.75) is 6.42 Å². The van der Waals surface area contributed by atoms with Crippen molar-refractivity contribution < 1.29 is 23.5 Å². The number of anilines is 2. The Bertz CT molecular complexity index is 549. The Morgan fingerprint density at radius 3 is 2.14 bits per heavy atom. The first-order valence-electron chi connectivity index (χ1n) is 6.37. The van der Waals surface area contributed by atoms with Crippen molar-refractivity contribution in [2.24, 2.45) is 0 Å². The zero-order valence-electron chi connectivity index (χ0n) is 11.2. The van der Waals surface area contributed by atoms with Crippen LogP contribution in [0.2, 0.25) is 0 Å². The van der Waals surface area contributed by atoms with Crippen LogP contribution in [0.3, 0.4) is 0 Å². The maximum absolute atomic E-state index is 13.8. The number of carbonyl (C=O) groups is 2. The summed E-state index contributed by atoms with van der Waals surface area (Å²) in [6, 6.07) is 2.08. The molecule has 114 valence electrons. The number of hydrogen-bond acceptors (Lipinski definition) is 4. The molecule has 0 spiro atoms. The van der Waals surface area contributed by atoms with E-state index in [2.05, 4.69) is 0 Å². The fourth-order valence-electron chi connectivity index (χ4n) is 2.31. The lowest BCUT2D eigenvalue weighted by Crippen LogP contribution is -2.49. The predicted octanol–water partition coefficient (Wildman–Crippen LogP) is 0.670. The number of carbonyl (C=O) groups excluding carboxylic acids is 1. The van der Waals surface area contributed by atoms with Crippen molar-refractivity contribution in [3.8, 4) is 0 Å². The first kappa shape index (κ1) is 15.0. The number of carboxylic acid groups (broad SMARTS) is 1. The Balaban J connectivity index is 2.05. The van der Waals surface area contributed by atoms with E-state index in [0.717, 1.165) is 12.1 Å². The Morgan fingerprint density at radius 1 is 1.14 bits per heavy atom. The summed E-state index contributed by atoms with van der Waals surface area (Å²) in [7, 11) is 0. The molecule has 1 aromatic carbocycles. The van der Waals surface area contributed by atoms with Crippen LogP contribution in [0.25, 0.3) is 0 Å². The van der Waals surface area contributed by atoms with Gasteiger partial charge >= 0.3 is 5.97 Å². The molecule has 2 rings (SSSR count). The summed E-state index contributed by atoms with van der Waals surface area (Å²) in [5, 5.41) is 8.57. The van der Waals surface area contributed by atoms with Gasteiger partial charge in [-0.15, -0.1) is 0 Å². The number of halogens is 2. The van der Waals surface area contributed by atoms with Gasteiger partial charge in [0, 0.05) is 31.9 Å². The molecule has 0 aromatic heterocycles. The van der Waals surface area contributed by atoms with Crippen molar-refractivity contribution >= 4 is 23.3 Å². The lowest BCUT2D eigenvalue weighted by molar-refractivity contribution is -0.144. The van der Waals surface area contributed by atoms with Gasteiger partial charge in [0.05, 0.1) is 0 Å². The van der Waals surface area contributed by atoms with E-state index in [1.807, 2.05) is 0 Å². The van der Waals surface area contributed by atoms with Crippen LogP contribution >= 0.6 is 0 Å². The second-order valence-electron chi connectivity index (χ2n) is 4.77. The molecule has 3 N–H and O–H groups in total. The minimum absolute atomic E-state index is 0.00372. The van der Waals surface area contributed by atoms with Gasteiger partial charge in [-0.2, -0.15) is 0 Å². The quantitative estimate of drug-likeness (QED) is 0.633. The van der Waals surface area contributed by atoms with E-state index in [1.165, 1.54) is 9.80 Å². The molecule has 21 heavy (non-hydrogen) atoms. The van der Waals surface area contributed by atoms with Crippen LogP contribution in [0.1, 0.15) is 6.42 Å². The van der Waals surface area contributed by atoms with E-state index in [1.54, 1.807) is 0 Å². The second-order valence-corrected chi connectivity index (χ2v) is 4.77. The van der Waals surface area contributed by atoms with Crippen molar-refractivity contribution in [3.63, 3.8) is 0 Å². The third-order valence-electron chi connectivity index (χ3n) is 3.29. The molecule has 0 radical (unpaired) electrons. The Labute approximate surface area is 119 Å². The molecular formula is C13H15F2N3O3. The average molecular weight is 299 g/mol. The van der Waals surface area contributed by atoms with Crippen LogP contribution in [0.5, 0.6) is 0 Å². The summed E-state index contributed by atoms with van der Waals surface area (Å²) in [5.74, 6) is -3.20.